The molecular formula is C13H11N3OS. The summed E-state index contributed by atoms with van der Waals surface area (Å²) < 4.78 is 1.13. The number of benzene rings is 1. The molecule has 0 unspecified atom stereocenters. The zero-order valence-electron chi connectivity index (χ0n) is 9.73. The summed E-state index contributed by atoms with van der Waals surface area (Å²) in [4.78, 5) is 12.9. The number of carbonyl (C=O) groups excluding carboxylic acids is 1. The Hall–Kier alpha value is -2.14. The molecule has 0 aliphatic rings. The number of aromatic amines is 1. The smallest absolute Gasteiger partial charge is 0.266 e. The molecule has 5 heteroatoms. The van der Waals surface area contributed by atoms with Crippen molar-refractivity contribution >= 4 is 33.0 Å². The van der Waals surface area contributed by atoms with Crippen LogP contribution in [0.5, 0.6) is 0 Å². The highest BCUT2D eigenvalue weighted by Gasteiger charge is 2.15. The summed E-state index contributed by atoms with van der Waals surface area (Å²) in [5.41, 5.74) is 1.70. The molecule has 1 amide bonds. The monoisotopic (exact) mass is 257 g/mol. The van der Waals surface area contributed by atoms with Gasteiger partial charge in [-0.2, -0.15) is 5.10 Å². The van der Waals surface area contributed by atoms with Gasteiger partial charge >= 0.3 is 0 Å². The Kier molecular flexibility index (Phi) is 2.60. The van der Waals surface area contributed by atoms with E-state index in [1.165, 1.54) is 11.3 Å². The lowest BCUT2D eigenvalue weighted by molar-refractivity contribution is 0.103. The fourth-order valence-electron chi connectivity index (χ4n) is 1.90. The number of rotatable bonds is 2. The van der Waals surface area contributed by atoms with Gasteiger partial charge in [0.1, 0.15) is 0 Å². The van der Waals surface area contributed by atoms with Gasteiger partial charge < -0.3 is 5.32 Å². The van der Waals surface area contributed by atoms with Crippen molar-refractivity contribution in [2.75, 3.05) is 5.32 Å². The standard InChI is InChI=1S/C13H11N3OS/c1-8-10-4-2-3-5-11(10)18-12(8)13(17)16-9-6-14-15-7-9/h2-7H,1H3,(H,14,15)(H,16,17). The fourth-order valence-corrected chi connectivity index (χ4v) is 3.00. The molecule has 18 heavy (non-hydrogen) atoms. The Morgan fingerprint density at radius 1 is 1.39 bits per heavy atom. The maximum atomic E-state index is 12.2. The molecule has 2 aromatic heterocycles. The van der Waals surface area contributed by atoms with Gasteiger partial charge in [0, 0.05) is 10.9 Å². The third kappa shape index (κ3) is 1.78. The average molecular weight is 257 g/mol. The van der Waals surface area contributed by atoms with Crippen LogP contribution in [0, 0.1) is 6.92 Å². The van der Waals surface area contributed by atoms with Crippen molar-refractivity contribution in [1.82, 2.24) is 10.2 Å². The predicted molar refractivity (Wildman–Crippen MR) is 73.1 cm³/mol. The number of fused-ring (bicyclic) bond motifs is 1. The van der Waals surface area contributed by atoms with Crippen molar-refractivity contribution in [1.29, 1.82) is 0 Å². The van der Waals surface area contributed by atoms with Crippen LogP contribution in [-0.4, -0.2) is 16.1 Å². The molecule has 90 valence electrons. The van der Waals surface area contributed by atoms with Gasteiger partial charge in [-0.3, -0.25) is 9.89 Å². The van der Waals surface area contributed by atoms with Crippen LogP contribution in [0.15, 0.2) is 36.7 Å². The Labute approximate surface area is 108 Å². The third-order valence-corrected chi connectivity index (χ3v) is 4.08. The summed E-state index contributed by atoms with van der Waals surface area (Å²) in [6.45, 7) is 1.98. The van der Waals surface area contributed by atoms with Crippen LogP contribution in [0.1, 0.15) is 15.2 Å². The molecule has 2 N–H and O–H groups in total. The van der Waals surface area contributed by atoms with E-state index in [0.717, 1.165) is 20.5 Å². The van der Waals surface area contributed by atoms with Crippen molar-refractivity contribution in [3.05, 3.63) is 47.1 Å². The Bertz CT molecular complexity index is 700. The minimum atomic E-state index is -0.0879. The second-order valence-electron chi connectivity index (χ2n) is 3.99. The summed E-state index contributed by atoms with van der Waals surface area (Å²) in [5, 5.41) is 10.4. The first-order valence-electron chi connectivity index (χ1n) is 5.54. The van der Waals surface area contributed by atoms with Gasteiger partial charge in [-0.05, 0) is 23.9 Å². The Morgan fingerprint density at radius 3 is 2.94 bits per heavy atom. The van der Waals surface area contributed by atoms with Gasteiger partial charge in [-0.1, -0.05) is 18.2 Å². The lowest BCUT2D eigenvalue weighted by Crippen LogP contribution is -2.10. The molecule has 3 aromatic rings. The van der Waals surface area contributed by atoms with E-state index in [2.05, 4.69) is 15.5 Å². The molecular weight excluding hydrogens is 246 g/mol. The summed E-state index contributed by atoms with van der Waals surface area (Å²) in [6.07, 6.45) is 3.24. The van der Waals surface area contributed by atoms with Gasteiger partial charge in [-0.25, -0.2) is 0 Å². The summed E-state index contributed by atoms with van der Waals surface area (Å²) in [5.74, 6) is -0.0879. The molecule has 0 saturated carbocycles. The van der Waals surface area contributed by atoms with Gasteiger partial charge in [0.2, 0.25) is 0 Å². The van der Waals surface area contributed by atoms with Crippen molar-refractivity contribution in [3.63, 3.8) is 0 Å². The molecule has 0 radical (unpaired) electrons. The molecule has 0 fully saturated rings. The summed E-state index contributed by atoms with van der Waals surface area (Å²) >= 11 is 1.51. The third-order valence-electron chi connectivity index (χ3n) is 2.81. The Morgan fingerprint density at radius 2 is 2.22 bits per heavy atom. The number of aromatic nitrogens is 2. The average Bonchev–Trinajstić information content (AvgIpc) is 2.98. The number of nitrogens with zero attached hydrogens (tertiary/aromatic N) is 1. The van der Waals surface area contributed by atoms with Crippen LogP contribution >= 0.6 is 11.3 Å². The van der Waals surface area contributed by atoms with Gasteiger partial charge in [0.15, 0.2) is 0 Å². The molecule has 2 heterocycles. The van der Waals surface area contributed by atoms with Crippen molar-refractivity contribution < 1.29 is 4.79 Å². The first kappa shape index (κ1) is 11.0. The van der Waals surface area contributed by atoms with Crippen LogP contribution in [0.4, 0.5) is 5.69 Å². The van der Waals surface area contributed by atoms with E-state index in [1.807, 2.05) is 31.2 Å². The maximum Gasteiger partial charge on any atom is 0.266 e. The number of anilines is 1. The molecule has 0 saturated heterocycles. The number of nitrogens with one attached hydrogen (secondary N) is 2. The quantitative estimate of drug-likeness (QED) is 0.740. The SMILES string of the molecule is Cc1c(C(=O)Nc2cn[nH]c2)sc2ccccc12. The summed E-state index contributed by atoms with van der Waals surface area (Å²) in [7, 11) is 0. The maximum absolute atomic E-state index is 12.2. The zero-order chi connectivity index (χ0) is 12.5. The minimum absolute atomic E-state index is 0.0879. The van der Waals surface area contributed by atoms with E-state index in [4.69, 9.17) is 0 Å². The fraction of sp³-hybridized carbons (Fsp3) is 0.0769. The predicted octanol–water partition coefficient (Wildman–Crippen LogP) is 3.19. The van der Waals surface area contributed by atoms with E-state index in [-0.39, 0.29) is 5.91 Å². The molecule has 3 rings (SSSR count). The first-order chi connectivity index (χ1) is 8.75. The molecule has 0 spiro atoms. The molecule has 1 aromatic carbocycles. The Balaban J connectivity index is 1.99. The minimum Gasteiger partial charge on any atom is -0.319 e. The van der Waals surface area contributed by atoms with Crippen molar-refractivity contribution in [3.8, 4) is 0 Å². The van der Waals surface area contributed by atoms with Crippen LogP contribution in [0.25, 0.3) is 10.1 Å². The number of carbonyl (C=O) groups is 1. The van der Waals surface area contributed by atoms with E-state index < -0.39 is 0 Å². The van der Waals surface area contributed by atoms with Crippen LogP contribution in [0.2, 0.25) is 0 Å². The normalized spacial score (nSPS) is 10.7. The van der Waals surface area contributed by atoms with Crippen LogP contribution in [0.3, 0.4) is 0 Å². The highest BCUT2D eigenvalue weighted by molar-refractivity contribution is 7.21. The number of thiophene rings is 1. The largest absolute Gasteiger partial charge is 0.319 e. The second kappa shape index (κ2) is 4.27. The molecule has 0 aliphatic heterocycles. The number of H-pyrrole nitrogens is 1. The number of amides is 1. The number of hydrogen-bond donors (Lipinski definition) is 2. The van der Waals surface area contributed by atoms with E-state index in [9.17, 15) is 4.79 Å². The van der Waals surface area contributed by atoms with Gasteiger partial charge in [0.05, 0.1) is 16.8 Å². The lowest BCUT2D eigenvalue weighted by Gasteiger charge is -2.00. The topological polar surface area (TPSA) is 57.8 Å². The molecule has 0 bridgehead atoms. The van der Waals surface area contributed by atoms with E-state index in [1.54, 1.807) is 12.4 Å². The zero-order valence-corrected chi connectivity index (χ0v) is 10.5. The van der Waals surface area contributed by atoms with Gasteiger partial charge in [0.25, 0.3) is 5.91 Å². The van der Waals surface area contributed by atoms with Gasteiger partial charge in [-0.15, -0.1) is 11.3 Å². The van der Waals surface area contributed by atoms with Crippen LogP contribution in [-0.2, 0) is 0 Å². The van der Waals surface area contributed by atoms with E-state index >= 15 is 0 Å². The second-order valence-corrected chi connectivity index (χ2v) is 5.05. The highest BCUT2D eigenvalue weighted by atomic mass is 32.1. The lowest BCUT2D eigenvalue weighted by atomic mass is 10.1. The van der Waals surface area contributed by atoms with Crippen LogP contribution < -0.4 is 5.32 Å². The van der Waals surface area contributed by atoms with Crippen molar-refractivity contribution in [2.24, 2.45) is 0 Å². The number of aryl methyl sites for hydroxylation is 1. The first-order valence-corrected chi connectivity index (χ1v) is 6.35. The van der Waals surface area contributed by atoms with Crippen molar-refractivity contribution in [2.45, 2.75) is 6.92 Å². The highest BCUT2D eigenvalue weighted by Crippen LogP contribution is 2.30. The molecule has 0 atom stereocenters. The van der Waals surface area contributed by atoms with E-state index in [0.29, 0.717) is 5.69 Å². The summed E-state index contributed by atoms with van der Waals surface area (Å²) in [6, 6.07) is 8.03. The molecule has 4 nitrogen and oxygen atoms in total. The number of hydrogen-bond acceptors (Lipinski definition) is 3. The molecule has 0 aliphatic carbocycles.